The van der Waals surface area contributed by atoms with Gasteiger partial charge in [0.1, 0.15) is 12.4 Å². The lowest BCUT2D eigenvalue weighted by molar-refractivity contribution is -0.134. The lowest BCUT2D eigenvalue weighted by Gasteiger charge is -2.25. The van der Waals surface area contributed by atoms with Gasteiger partial charge in [-0.05, 0) is 70.6 Å². The normalized spacial score (nSPS) is 12.0. The topological polar surface area (TPSA) is 99.1 Å². The SMILES string of the molecule is Cc1cc(C(=O)O)ccc1-c1cccc(OCc2ccc(C(OC=O)c3ccccc3)c(C(OC=O)c3ccccc3)c2)c1. The maximum atomic E-state index is 11.7. The van der Waals surface area contributed by atoms with Gasteiger partial charge in [-0.2, -0.15) is 0 Å². The van der Waals surface area contributed by atoms with E-state index in [0.717, 1.165) is 33.4 Å². The number of carboxylic acid groups (broad SMARTS) is 1. The molecule has 7 heteroatoms. The number of ether oxygens (including phenoxy) is 3. The number of hydrogen-bond donors (Lipinski definition) is 1. The van der Waals surface area contributed by atoms with Crippen molar-refractivity contribution in [3.05, 3.63) is 160 Å². The number of hydrogen-bond acceptors (Lipinski definition) is 6. The summed E-state index contributed by atoms with van der Waals surface area (Å²) < 4.78 is 17.4. The van der Waals surface area contributed by atoms with E-state index in [1.165, 1.54) is 0 Å². The van der Waals surface area contributed by atoms with Crippen molar-refractivity contribution in [3.8, 4) is 16.9 Å². The minimum atomic E-state index is -0.969. The molecule has 0 saturated carbocycles. The van der Waals surface area contributed by atoms with Gasteiger partial charge in [0.15, 0.2) is 12.2 Å². The summed E-state index contributed by atoms with van der Waals surface area (Å²) in [5.41, 5.74) is 6.55. The average Bonchev–Trinajstić information content (AvgIpc) is 3.06. The number of carbonyl (C=O) groups excluding carboxylic acids is 2. The highest BCUT2D eigenvalue weighted by atomic mass is 16.5. The molecule has 0 aliphatic carbocycles. The molecule has 5 rings (SSSR count). The first-order valence-corrected chi connectivity index (χ1v) is 14.0. The van der Waals surface area contributed by atoms with Crippen molar-refractivity contribution in [2.45, 2.75) is 25.7 Å². The van der Waals surface area contributed by atoms with Crippen molar-refractivity contribution < 1.29 is 33.7 Å². The number of aryl methyl sites for hydroxylation is 1. The Morgan fingerprint density at radius 3 is 1.93 bits per heavy atom. The van der Waals surface area contributed by atoms with Crippen LogP contribution < -0.4 is 4.74 Å². The lowest BCUT2D eigenvalue weighted by atomic mass is 9.89. The van der Waals surface area contributed by atoms with Crippen LogP contribution in [0.2, 0.25) is 0 Å². The number of rotatable bonds is 13. The zero-order valence-corrected chi connectivity index (χ0v) is 24.0. The second-order valence-corrected chi connectivity index (χ2v) is 10.2. The monoisotopic (exact) mass is 586 g/mol. The number of aromatic carboxylic acids is 1. The Bertz CT molecular complexity index is 1750. The van der Waals surface area contributed by atoms with Crippen molar-refractivity contribution in [2.24, 2.45) is 0 Å². The summed E-state index contributed by atoms with van der Waals surface area (Å²) in [5, 5.41) is 9.31. The van der Waals surface area contributed by atoms with E-state index in [0.29, 0.717) is 29.8 Å². The van der Waals surface area contributed by atoms with Crippen LogP contribution in [-0.4, -0.2) is 24.0 Å². The molecule has 2 atom stereocenters. The molecule has 0 bridgehead atoms. The maximum Gasteiger partial charge on any atom is 0.335 e. The molecule has 0 spiro atoms. The van der Waals surface area contributed by atoms with E-state index < -0.39 is 18.2 Å². The Morgan fingerprint density at radius 2 is 1.34 bits per heavy atom. The van der Waals surface area contributed by atoms with E-state index in [1.54, 1.807) is 18.2 Å². The van der Waals surface area contributed by atoms with E-state index >= 15 is 0 Å². The molecule has 2 unspecified atom stereocenters. The minimum Gasteiger partial charge on any atom is -0.489 e. The third kappa shape index (κ3) is 6.85. The smallest absolute Gasteiger partial charge is 0.335 e. The predicted molar refractivity (Wildman–Crippen MR) is 165 cm³/mol. The van der Waals surface area contributed by atoms with Gasteiger partial charge in [0, 0.05) is 11.1 Å². The summed E-state index contributed by atoms with van der Waals surface area (Å²) in [6.45, 7) is 2.92. The maximum absolute atomic E-state index is 11.7. The summed E-state index contributed by atoms with van der Waals surface area (Å²) in [6.07, 6.45) is -1.49. The number of carbonyl (C=O) groups is 3. The standard InChI is InChI=1S/C37H30O7/c1-25-19-30(37(40)41)16-18-32(25)29-13-8-14-31(21-29)42-22-26-15-17-33(35(43-23-38)27-9-4-2-5-10-27)34(20-26)36(44-24-39)28-11-6-3-7-12-28/h2-21,23-24,35-36H,22H2,1H3,(H,40,41). The van der Waals surface area contributed by atoms with Crippen LogP contribution in [0.15, 0.2) is 121 Å². The highest BCUT2D eigenvalue weighted by Crippen LogP contribution is 2.36. The van der Waals surface area contributed by atoms with Gasteiger partial charge in [0.05, 0.1) is 5.56 Å². The molecule has 7 nitrogen and oxygen atoms in total. The van der Waals surface area contributed by atoms with Crippen molar-refractivity contribution >= 4 is 18.9 Å². The van der Waals surface area contributed by atoms with Gasteiger partial charge in [0.2, 0.25) is 0 Å². The molecule has 44 heavy (non-hydrogen) atoms. The van der Waals surface area contributed by atoms with Crippen LogP contribution in [0, 0.1) is 6.92 Å². The fourth-order valence-electron chi connectivity index (χ4n) is 5.25. The van der Waals surface area contributed by atoms with E-state index in [9.17, 15) is 19.5 Å². The molecule has 220 valence electrons. The van der Waals surface area contributed by atoms with Crippen LogP contribution in [0.3, 0.4) is 0 Å². The van der Waals surface area contributed by atoms with Gasteiger partial charge in [-0.1, -0.05) is 91.0 Å². The molecular formula is C37H30O7. The van der Waals surface area contributed by atoms with Crippen LogP contribution >= 0.6 is 0 Å². The molecule has 5 aromatic carbocycles. The number of carboxylic acids is 1. The van der Waals surface area contributed by atoms with Crippen LogP contribution in [0.4, 0.5) is 0 Å². The lowest BCUT2D eigenvalue weighted by Crippen LogP contribution is -2.14. The minimum absolute atomic E-state index is 0.209. The molecule has 0 aliphatic heterocycles. The second-order valence-electron chi connectivity index (χ2n) is 10.2. The summed E-state index contributed by atoms with van der Waals surface area (Å²) in [6, 6.07) is 37.0. The second kappa shape index (κ2) is 14.0. The molecule has 0 amide bonds. The molecule has 0 aliphatic rings. The molecule has 5 aromatic rings. The number of benzene rings is 5. The molecule has 0 radical (unpaired) electrons. The van der Waals surface area contributed by atoms with Crippen LogP contribution in [0.25, 0.3) is 11.1 Å². The van der Waals surface area contributed by atoms with Crippen molar-refractivity contribution in [1.29, 1.82) is 0 Å². The molecule has 0 saturated heterocycles. The predicted octanol–water partition coefficient (Wildman–Crippen LogP) is 7.46. The molecular weight excluding hydrogens is 556 g/mol. The molecule has 0 heterocycles. The summed E-state index contributed by atoms with van der Waals surface area (Å²) >= 11 is 0. The van der Waals surface area contributed by atoms with E-state index in [-0.39, 0.29) is 12.2 Å². The molecule has 0 fully saturated rings. The first-order chi connectivity index (χ1) is 21.5. The Balaban J connectivity index is 1.49. The third-order valence-corrected chi connectivity index (χ3v) is 7.33. The van der Waals surface area contributed by atoms with Crippen LogP contribution in [-0.2, 0) is 25.7 Å². The highest BCUT2D eigenvalue weighted by molar-refractivity contribution is 5.89. The van der Waals surface area contributed by atoms with E-state index in [1.807, 2.05) is 110 Å². The van der Waals surface area contributed by atoms with E-state index in [4.69, 9.17) is 14.2 Å². The summed E-state index contributed by atoms with van der Waals surface area (Å²) in [7, 11) is 0. The fourth-order valence-corrected chi connectivity index (χ4v) is 5.25. The van der Waals surface area contributed by atoms with Gasteiger partial charge >= 0.3 is 5.97 Å². The quantitative estimate of drug-likeness (QED) is 0.143. The molecule has 0 aromatic heterocycles. The van der Waals surface area contributed by atoms with Crippen molar-refractivity contribution in [1.82, 2.24) is 0 Å². The summed E-state index contributed by atoms with van der Waals surface area (Å²) in [5.74, 6) is -0.340. The molecule has 1 N–H and O–H groups in total. The largest absolute Gasteiger partial charge is 0.489 e. The van der Waals surface area contributed by atoms with Gasteiger partial charge in [0.25, 0.3) is 12.9 Å². The summed E-state index contributed by atoms with van der Waals surface area (Å²) in [4.78, 5) is 34.7. The Hall–Kier alpha value is -5.69. The van der Waals surface area contributed by atoms with Crippen LogP contribution in [0.5, 0.6) is 5.75 Å². The zero-order valence-electron chi connectivity index (χ0n) is 24.0. The van der Waals surface area contributed by atoms with E-state index in [2.05, 4.69) is 0 Å². The van der Waals surface area contributed by atoms with Crippen LogP contribution in [0.1, 0.15) is 55.9 Å². The van der Waals surface area contributed by atoms with Gasteiger partial charge in [-0.25, -0.2) is 4.79 Å². The fraction of sp³-hybridized carbons (Fsp3) is 0.108. The first kappa shape index (κ1) is 29.8. The Labute approximate surface area is 255 Å². The third-order valence-electron chi connectivity index (χ3n) is 7.33. The van der Waals surface area contributed by atoms with Gasteiger partial charge in [-0.15, -0.1) is 0 Å². The zero-order chi connectivity index (χ0) is 30.9. The van der Waals surface area contributed by atoms with Crippen molar-refractivity contribution in [2.75, 3.05) is 0 Å². The highest BCUT2D eigenvalue weighted by Gasteiger charge is 2.26. The first-order valence-electron chi connectivity index (χ1n) is 14.0. The average molecular weight is 587 g/mol. The van der Waals surface area contributed by atoms with Gasteiger partial charge in [-0.3, -0.25) is 9.59 Å². The Morgan fingerprint density at radius 1 is 0.705 bits per heavy atom. The van der Waals surface area contributed by atoms with Crippen molar-refractivity contribution in [3.63, 3.8) is 0 Å². The Kier molecular flexibility index (Phi) is 9.47. The van der Waals surface area contributed by atoms with Gasteiger partial charge < -0.3 is 19.3 Å².